The fourth-order valence-electron chi connectivity index (χ4n) is 3.22. The second-order valence-corrected chi connectivity index (χ2v) is 6.96. The van der Waals surface area contributed by atoms with Crippen LogP contribution in [0.15, 0.2) is 53.5 Å². The van der Waals surface area contributed by atoms with Gasteiger partial charge in [0.25, 0.3) is 5.91 Å². The summed E-state index contributed by atoms with van der Waals surface area (Å²) >= 11 is 0. The van der Waals surface area contributed by atoms with Crippen molar-refractivity contribution in [3.8, 4) is 0 Å². The third-order valence-electron chi connectivity index (χ3n) is 4.66. The standard InChI is InChI=1S/C20H18N3O2.CH3.W/c1-20(2)11-22-17-9-12(7-8-15(17)20)23-19(25)14-10-21-16-6-4-3-5-13(16)18(14)24;;/h3-10H,11H2,1-2H3,(H2,21,23,24,25);1H3;/q2*-1;+2. The van der Waals surface area contributed by atoms with Crippen LogP contribution < -0.4 is 10.7 Å². The number of para-hydroxylation sites is 1. The molecule has 2 heterocycles. The molecule has 0 saturated heterocycles. The van der Waals surface area contributed by atoms with Crippen LogP contribution in [0.4, 0.5) is 11.4 Å². The zero-order valence-corrected chi connectivity index (χ0v) is 18.4. The van der Waals surface area contributed by atoms with Crippen molar-refractivity contribution in [2.24, 2.45) is 0 Å². The van der Waals surface area contributed by atoms with Crippen molar-refractivity contribution in [3.05, 3.63) is 82.8 Å². The first-order chi connectivity index (χ1) is 12.0. The summed E-state index contributed by atoms with van der Waals surface area (Å²) in [5.41, 5.74) is 3.26. The van der Waals surface area contributed by atoms with Crippen molar-refractivity contribution in [1.82, 2.24) is 4.98 Å². The minimum Gasteiger partial charge on any atom is -0.683 e. The summed E-state index contributed by atoms with van der Waals surface area (Å²) in [4.78, 5) is 28.1. The van der Waals surface area contributed by atoms with Crippen molar-refractivity contribution in [2.45, 2.75) is 19.3 Å². The molecule has 1 aliphatic heterocycles. The van der Waals surface area contributed by atoms with E-state index in [1.54, 1.807) is 12.1 Å². The number of aromatic nitrogens is 1. The average Bonchev–Trinajstić information content (AvgIpc) is 2.90. The van der Waals surface area contributed by atoms with Gasteiger partial charge < -0.3 is 23.0 Å². The van der Waals surface area contributed by atoms with Gasteiger partial charge in [-0.2, -0.15) is 0 Å². The average molecular weight is 531 g/mol. The maximum Gasteiger partial charge on any atom is 2.00 e. The largest absolute Gasteiger partial charge is 2.00 e. The number of fused-ring (bicyclic) bond motifs is 2. The monoisotopic (exact) mass is 531 g/mol. The molecular formula is C21H21N3O2W. The molecule has 0 bridgehead atoms. The quantitative estimate of drug-likeness (QED) is 0.478. The van der Waals surface area contributed by atoms with E-state index in [4.69, 9.17) is 0 Å². The number of aromatic amines is 1. The van der Waals surface area contributed by atoms with E-state index < -0.39 is 5.91 Å². The zero-order valence-electron chi connectivity index (χ0n) is 15.5. The predicted molar refractivity (Wildman–Crippen MR) is 106 cm³/mol. The van der Waals surface area contributed by atoms with Crippen LogP contribution in [0.5, 0.6) is 0 Å². The number of anilines is 1. The van der Waals surface area contributed by atoms with Gasteiger partial charge in [0, 0.05) is 22.8 Å². The van der Waals surface area contributed by atoms with Gasteiger partial charge in [-0.05, 0) is 23.6 Å². The first-order valence-corrected chi connectivity index (χ1v) is 8.19. The molecule has 5 nitrogen and oxygen atoms in total. The van der Waals surface area contributed by atoms with Gasteiger partial charge in [0.15, 0.2) is 0 Å². The van der Waals surface area contributed by atoms with Gasteiger partial charge in [0.2, 0.25) is 5.43 Å². The Balaban J connectivity index is 0.00000131. The molecule has 0 aliphatic carbocycles. The van der Waals surface area contributed by atoms with Crippen molar-refractivity contribution in [1.29, 1.82) is 0 Å². The number of rotatable bonds is 2. The Hall–Kier alpha value is -2.39. The van der Waals surface area contributed by atoms with Crippen molar-refractivity contribution < 1.29 is 25.9 Å². The van der Waals surface area contributed by atoms with E-state index in [0.717, 1.165) is 12.2 Å². The molecule has 3 aromatic rings. The van der Waals surface area contributed by atoms with Crippen molar-refractivity contribution in [2.75, 3.05) is 11.9 Å². The molecule has 0 atom stereocenters. The molecule has 0 unspecified atom stereocenters. The fraction of sp³-hybridized carbons (Fsp3) is 0.190. The summed E-state index contributed by atoms with van der Waals surface area (Å²) < 4.78 is 0. The van der Waals surface area contributed by atoms with Gasteiger partial charge in [-0.1, -0.05) is 43.7 Å². The van der Waals surface area contributed by atoms with Gasteiger partial charge >= 0.3 is 21.1 Å². The predicted octanol–water partition coefficient (Wildman–Crippen LogP) is 4.52. The Morgan fingerprint density at radius 3 is 2.70 bits per heavy atom. The van der Waals surface area contributed by atoms with Gasteiger partial charge in [-0.15, -0.1) is 12.2 Å². The maximum absolute atomic E-state index is 12.5. The molecule has 1 aromatic heterocycles. The van der Waals surface area contributed by atoms with E-state index in [2.05, 4.69) is 29.5 Å². The Morgan fingerprint density at radius 2 is 1.93 bits per heavy atom. The number of hydrogen-bond donors (Lipinski definition) is 2. The smallest absolute Gasteiger partial charge is 0.683 e. The third kappa shape index (κ3) is 3.70. The van der Waals surface area contributed by atoms with Crippen LogP contribution >= 0.6 is 0 Å². The molecule has 2 aromatic carbocycles. The summed E-state index contributed by atoms with van der Waals surface area (Å²) in [6, 6.07) is 12.8. The van der Waals surface area contributed by atoms with Crippen LogP contribution in [0, 0.1) is 7.43 Å². The molecule has 2 N–H and O–H groups in total. The van der Waals surface area contributed by atoms with E-state index in [0.29, 0.717) is 16.6 Å². The number of H-pyrrole nitrogens is 1. The topological polar surface area (TPSA) is 76.1 Å². The first kappa shape index (κ1) is 20.9. The zero-order chi connectivity index (χ0) is 17.6. The summed E-state index contributed by atoms with van der Waals surface area (Å²) in [6.07, 6.45) is 1.46. The Labute approximate surface area is 172 Å². The fourth-order valence-corrected chi connectivity index (χ4v) is 3.22. The second kappa shape index (κ2) is 7.69. The van der Waals surface area contributed by atoms with Crippen LogP contribution in [-0.2, 0) is 26.5 Å². The minimum atomic E-state index is -0.427. The van der Waals surface area contributed by atoms with Crippen molar-refractivity contribution >= 4 is 28.2 Å². The van der Waals surface area contributed by atoms with Crippen LogP contribution in [0.3, 0.4) is 0 Å². The van der Waals surface area contributed by atoms with E-state index in [-0.39, 0.29) is 44.9 Å². The number of pyridine rings is 1. The second-order valence-electron chi connectivity index (χ2n) is 6.96. The minimum absolute atomic E-state index is 0. The summed E-state index contributed by atoms with van der Waals surface area (Å²) in [5, 5.41) is 7.83. The number of carbonyl (C=O) groups is 1. The molecule has 138 valence electrons. The molecule has 1 amide bonds. The number of carbonyl (C=O) groups excluding carboxylic acids is 1. The van der Waals surface area contributed by atoms with Gasteiger partial charge in [0.05, 0.1) is 0 Å². The van der Waals surface area contributed by atoms with Crippen molar-refractivity contribution in [3.63, 3.8) is 0 Å². The molecule has 6 heteroatoms. The van der Waals surface area contributed by atoms with E-state index >= 15 is 0 Å². The first-order valence-electron chi connectivity index (χ1n) is 8.19. The SMILES string of the molecule is CC1(C)C[N-]c2cc(NC(=O)c3c[nH]c4ccccc4c3=O)ccc21.[CH3-].[W+2]. The van der Waals surface area contributed by atoms with Crippen LogP contribution in [0.2, 0.25) is 0 Å². The van der Waals surface area contributed by atoms with E-state index in [9.17, 15) is 9.59 Å². The van der Waals surface area contributed by atoms with Crippen LogP contribution in [-0.4, -0.2) is 17.4 Å². The molecule has 0 saturated carbocycles. The number of nitrogens with zero attached hydrogens (tertiary/aromatic N) is 1. The Bertz CT molecular complexity index is 1060. The molecule has 27 heavy (non-hydrogen) atoms. The summed E-state index contributed by atoms with van der Waals surface area (Å²) in [7, 11) is 0. The number of nitrogens with one attached hydrogen (secondary N) is 2. The molecule has 4 rings (SSSR count). The summed E-state index contributed by atoms with van der Waals surface area (Å²) in [5.74, 6) is -0.427. The van der Waals surface area contributed by atoms with E-state index in [1.165, 1.54) is 11.8 Å². The normalized spacial score (nSPS) is 13.7. The Kier molecular flexibility index (Phi) is 5.96. The Morgan fingerprint density at radius 1 is 1.19 bits per heavy atom. The number of amides is 1. The van der Waals surface area contributed by atoms with Crippen LogP contribution in [0.25, 0.3) is 16.2 Å². The van der Waals surface area contributed by atoms with Gasteiger partial charge in [-0.3, -0.25) is 9.59 Å². The molecular weight excluding hydrogens is 510 g/mol. The van der Waals surface area contributed by atoms with Crippen LogP contribution in [0.1, 0.15) is 29.8 Å². The number of benzene rings is 2. The molecule has 0 fully saturated rings. The molecule has 0 spiro atoms. The third-order valence-corrected chi connectivity index (χ3v) is 4.66. The summed E-state index contributed by atoms with van der Waals surface area (Å²) in [6.45, 7) is 5.04. The van der Waals surface area contributed by atoms with Gasteiger partial charge in [0.1, 0.15) is 5.56 Å². The maximum atomic E-state index is 12.5. The molecule has 1 aliphatic rings. The molecule has 0 radical (unpaired) electrons. The van der Waals surface area contributed by atoms with E-state index in [1.807, 2.05) is 30.3 Å². The van der Waals surface area contributed by atoms with Gasteiger partial charge in [-0.25, -0.2) is 0 Å². The number of hydrogen-bond acceptors (Lipinski definition) is 2.